The van der Waals surface area contributed by atoms with Crippen LogP contribution in [-0.4, -0.2) is 30.2 Å². The van der Waals surface area contributed by atoms with Crippen molar-refractivity contribution < 1.29 is 19.0 Å². The van der Waals surface area contributed by atoms with Gasteiger partial charge < -0.3 is 14.2 Å². The fourth-order valence-corrected chi connectivity index (χ4v) is 2.49. The van der Waals surface area contributed by atoms with Crippen molar-refractivity contribution in [1.82, 2.24) is 10.2 Å². The monoisotopic (exact) mass is 396 g/mol. The quantitative estimate of drug-likeness (QED) is 0.420. The van der Waals surface area contributed by atoms with Gasteiger partial charge in [0.05, 0.1) is 14.2 Å². The predicted octanol–water partition coefficient (Wildman–Crippen LogP) is 4.84. The van der Waals surface area contributed by atoms with Crippen molar-refractivity contribution in [3.05, 3.63) is 77.0 Å². The van der Waals surface area contributed by atoms with Crippen LogP contribution in [0.15, 0.2) is 60.7 Å². The Morgan fingerprint density at radius 1 is 0.929 bits per heavy atom. The molecule has 0 saturated heterocycles. The molecular weight excluding hydrogens is 380 g/mol. The van der Waals surface area contributed by atoms with E-state index in [1.165, 1.54) is 6.08 Å². The molecule has 0 aliphatic carbocycles. The van der Waals surface area contributed by atoms with Gasteiger partial charge >= 0.3 is 0 Å². The lowest BCUT2D eigenvalue weighted by Gasteiger charge is -2.07. The van der Waals surface area contributed by atoms with Crippen molar-refractivity contribution in [2.24, 2.45) is 0 Å². The summed E-state index contributed by atoms with van der Waals surface area (Å²) >= 11 is 5.69. The van der Waals surface area contributed by atoms with E-state index in [1.807, 2.05) is 6.07 Å². The smallest absolute Gasteiger partial charge is 0.238 e. The number of hydrogen-bond donors (Lipinski definition) is 0. The number of halogens is 1. The van der Waals surface area contributed by atoms with E-state index in [1.54, 1.807) is 68.8 Å². The second-order valence-electron chi connectivity index (χ2n) is 5.63. The fourth-order valence-electron chi connectivity index (χ4n) is 2.39. The molecule has 0 amide bonds. The molecule has 2 aromatic carbocycles. The van der Waals surface area contributed by atoms with Gasteiger partial charge in [0.25, 0.3) is 0 Å². The molecule has 6 nitrogen and oxygen atoms in total. The van der Waals surface area contributed by atoms with Crippen molar-refractivity contribution >= 4 is 23.5 Å². The first-order valence-electron chi connectivity index (χ1n) is 8.30. The molecule has 1 heterocycles. The van der Waals surface area contributed by atoms with Crippen LogP contribution in [0.4, 0.5) is 0 Å². The lowest BCUT2D eigenvalue weighted by molar-refractivity contribution is 0.104. The number of ether oxygens (including phenoxy) is 3. The average Bonchev–Trinajstić information content (AvgIpc) is 2.74. The Hall–Kier alpha value is -3.38. The summed E-state index contributed by atoms with van der Waals surface area (Å²) in [4.78, 5) is 12.4. The van der Waals surface area contributed by atoms with Crippen LogP contribution in [-0.2, 0) is 0 Å². The van der Waals surface area contributed by atoms with E-state index in [2.05, 4.69) is 10.2 Å². The van der Waals surface area contributed by atoms with Crippen molar-refractivity contribution in [2.45, 2.75) is 0 Å². The summed E-state index contributed by atoms with van der Waals surface area (Å²) in [6.07, 6.45) is 3.22. The first kappa shape index (κ1) is 19.4. The number of ketones is 1. The van der Waals surface area contributed by atoms with Crippen molar-refractivity contribution in [3.8, 4) is 23.1 Å². The van der Waals surface area contributed by atoms with Gasteiger partial charge in [0.2, 0.25) is 5.88 Å². The molecule has 0 N–H and O–H groups in total. The Bertz CT molecular complexity index is 986. The van der Waals surface area contributed by atoms with Crippen LogP contribution in [0.1, 0.15) is 15.9 Å². The third-order valence-corrected chi connectivity index (χ3v) is 4.01. The highest BCUT2D eigenvalue weighted by Gasteiger charge is 2.06. The molecule has 0 unspecified atom stereocenters. The zero-order valence-electron chi connectivity index (χ0n) is 15.3. The van der Waals surface area contributed by atoms with Crippen molar-refractivity contribution in [1.29, 1.82) is 0 Å². The molecule has 0 fully saturated rings. The number of nitrogens with zero attached hydrogens (tertiary/aromatic N) is 2. The van der Waals surface area contributed by atoms with E-state index in [4.69, 9.17) is 25.8 Å². The molecule has 0 aliphatic rings. The molecule has 142 valence electrons. The number of hydrogen-bond acceptors (Lipinski definition) is 6. The highest BCUT2D eigenvalue weighted by molar-refractivity contribution is 6.29. The molecular formula is C21H17ClN2O4. The maximum Gasteiger partial charge on any atom is 0.238 e. The van der Waals surface area contributed by atoms with Crippen LogP contribution in [0.3, 0.4) is 0 Å². The van der Waals surface area contributed by atoms with E-state index >= 15 is 0 Å². The highest BCUT2D eigenvalue weighted by atomic mass is 35.5. The molecule has 0 bridgehead atoms. The van der Waals surface area contributed by atoms with Gasteiger partial charge in [-0.25, -0.2) is 0 Å². The number of methoxy groups -OCH3 is 2. The zero-order valence-corrected chi connectivity index (χ0v) is 16.0. The third kappa shape index (κ3) is 4.86. The summed E-state index contributed by atoms with van der Waals surface area (Å²) in [6, 6.07) is 15.4. The van der Waals surface area contributed by atoms with E-state index in [0.717, 1.165) is 5.56 Å². The zero-order chi connectivity index (χ0) is 19.9. The van der Waals surface area contributed by atoms with Crippen molar-refractivity contribution in [3.63, 3.8) is 0 Å². The number of carbonyl (C=O) groups excluding carboxylic acids is 1. The van der Waals surface area contributed by atoms with Crippen molar-refractivity contribution in [2.75, 3.05) is 14.2 Å². The van der Waals surface area contributed by atoms with Gasteiger partial charge in [-0.15, -0.1) is 10.2 Å². The van der Waals surface area contributed by atoms with Crippen LogP contribution < -0.4 is 14.2 Å². The lowest BCUT2D eigenvalue weighted by atomic mass is 10.1. The molecule has 3 rings (SSSR count). The van der Waals surface area contributed by atoms with Crippen LogP contribution in [0.2, 0.25) is 5.15 Å². The van der Waals surface area contributed by atoms with Gasteiger partial charge in [-0.2, -0.15) is 0 Å². The van der Waals surface area contributed by atoms with Crippen LogP contribution in [0.25, 0.3) is 6.08 Å². The Kier molecular flexibility index (Phi) is 6.24. The van der Waals surface area contributed by atoms with Gasteiger partial charge in [-0.05, 0) is 54.1 Å². The predicted molar refractivity (Wildman–Crippen MR) is 106 cm³/mol. The number of aromatic nitrogens is 2. The summed E-state index contributed by atoms with van der Waals surface area (Å²) < 4.78 is 16.0. The normalized spacial score (nSPS) is 10.7. The van der Waals surface area contributed by atoms with Gasteiger partial charge in [0.15, 0.2) is 22.4 Å². The molecule has 1 aromatic heterocycles. The highest BCUT2D eigenvalue weighted by Crippen LogP contribution is 2.28. The summed E-state index contributed by atoms with van der Waals surface area (Å²) in [5.41, 5.74) is 1.36. The van der Waals surface area contributed by atoms with Crippen LogP contribution in [0.5, 0.6) is 23.1 Å². The minimum atomic E-state index is -0.132. The molecule has 0 atom stereocenters. The third-order valence-electron chi connectivity index (χ3n) is 3.80. The summed E-state index contributed by atoms with van der Waals surface area (Å²) in [5.74, 6) is 1.96. The lowest BCUT2D eigenvalue weighted by Crippen LogP contribution is -1.95. The first-order chi connectivity index (χ1) is 13.6. The van der Waals surface area contributed by atoms with Gasteiger partial charge in [-0.3, -0.25) is 4.79 Å². The maximum atomic E-state index is 12.4. The summed E-state index contributed by atoms with van der Waals surface area (Å²) in [7, 11) is 3.14. The summed E-state index contributed by atoms with van der Waals surface area (Å²) in [5, 5.41) is 7.81. The van der Waals surface area contributed by atoms with Crippen LogP contribution in [0, 0.1) is 0 Å². The fraction of sp³-hybridized carbons (Fsp3) is 0.0952. The first-order valence-corrected chi connectivity index (χ1v) is 8.68. The van der Waals surface area contributed by atoms with E-state index in [9.17, 15) is 4.79 Å². The van der Waals surface area contributed by atoms with E-state index in [-0.39, 0.29) is 10.9 Å². The minimum Gasteiger partial charge on any atom is -0.493 e. The molecule has 28 heavy (non-hydrogen) atoms. The second kappa shape index (κ2) is 9.01. The maximum absolute atomic E-state index is 12.4. The van der Waals surface area contributed by atoms with E-state index in [0.29, 0.717) is 28.7 Å². The van der Waals surface area contributed by atoms with Gasteiger partial charge in [-0.1, -0.05) is 23.7 Å². The standard InChI is InChI=1S/C21H17ClN2O4/c1-26-18-10-4-14(13-19(18)27-2)3-9-17(25)15-5-7-16(8-6-15)28-21-12-11-20(22)23-24-21/h3-13H,1-2H3. The number of carbonyl (C=O) groups is 1. The largest absolute Gasteiger partial charge is 0.493 e. The molecule has 0 aliphatic heterocycles. The van der Waals surface area contributed by atoms with Gasteiger partial charge in [0.1, 0.15) is 5.75 Å². The summed E-state index contributed by atoms with van der Waals surface area (Å²) in [6.45, 7) is 0. The molecule has 0 saturated carbocycles. The Balaban J connectivity index is 1.67. The van der Waals surface area contributed by atoms with Crippen LogP contribution >= 0.6 is 11.6 Å². The topological polar surface area (TPSA) is 70.5 Å². The number of allylic oxidation sites excluding steroid dienone is 1. The van der Waals surface area contributed by atoms with E-state index < -0.39 is 0 Å². The molecule has 0 spiro atoms. The Morgan fingerprint density at radius 2 is 1.68 bits per heavy atom. The SMILES string of the molecule is COc1ccc(C=CC(=O)c2ccc(Oc3ccc(Cl)nn3)cc2)cc1OC. The molecule has 0 radical (unpaired) electrons. The number of benzene rings is 2. The molecule has 7 heteroatoms. The Morgan fingerprint density at radius 3 is 2.32 bits per heavy atom. The second-order valence-corrected chi connectivity index (χ2v) is 6.02. The van der Waals surface area contributed by atoms with Gasteiger partial charge in [0, 0.05) is 11.6 Å². The average molecular weight is 397 g/mol. The number of rotatable bonds is 7. The molecule has 3 aromatic rings. The minimum absolute atomic E-state index is 0.132. The Labute approximate surface area is 167 Å².